The number of nitrogens with one attached hydrogen (secondary N) is 1. The molecule has 5 atom stereocenters. The van der Waals surface area contributed by atoms with Crippen LogP contribution in [-0.4, -0.2) is 21.8 Å². The van der Waals surface area contributed by atoms with E-state index in [9.17, 15) is 18.4 Å². The van der Waals surface area contributed by atoms with Crippen molar-refractivity contribution in [2.24, 2.45) is 29.4 Å². The van der Waals surface area contributed by atoms with Crippen molar-refractivity contribution in [3.8, 4) is 0 Å². The summed E-state index contributed by atoms with van der Waals surface area (Å²) < 4.78 is 27.9. The number of fused-ring (bicyclic) bond motifs is 2. The van der Waals surface area contributed by atoms with Crippen LogP contribution in [0.1, 0.15) is 73.5 Å². The summed E-state index contributed by atoms with van der Waals surface area (Å²) in [6.07, 6.45) is 6.66. The molecule has 0 aromatic carbocycles. The lowest BCUT2D eigenvalue weighted by molar-refractivity contribution is -0.0159. The zero-order valence-electron chi connectivity index (χ0n) is 16.9. The van der Waals surface area contributed by atoms with Gasteiger partial charge in [-0.1, -0.05) is 0 Å². The van der Waals surface area contributed by atoms with E-state index in [1.807, 2.05) is 0 Å². The van der Waals surface area contributed by atoms with E-state index in [-0.39, 0.29) is 41.2 Å². The third-order valence-corrected chi connectivity index (χ3v) is 7.72. The number of H-pyrrole nitrogens is 1. The van der Waals surface area contributed by atoms with Crippen LogP contribution in [0.25, 0.3) is 10.9 Å². The van der Waals surface area contributed by atoms with Gasteiger partial charge < -0.3 is 10.7 Å². The molecule has 3 N–H and O–H groups in total. The van der Waals surface area contributed by atoms with Gasteiger partial charge in [0.1, 0.15) is 5.69 Å². The zero-order valence-corrected chi connectivity index (χ0v) is 16.9. The lowest BCUT2D eigenvalue weighted by Gasteiger charge is -2.37. The van der Waals surface area contributed by atoms with Gasteiger partial charge in [-0.25, -0.2) is 8.78 Å². The van der Waals surface area contributed by atoms with Gasteiger partial charge in [0, 0.05) is 36.7 Å². The number of aromatic amines is 1. The first-order valence-electron chi connectivity index (χ1n) is 11.0. The van der Waals surface area contributed by atoms with Gasteiger partial charge in [0.25, 0.3) is 5.91 Å². The fraction of sp³-hybridized carbons (Fsp3) is 0.609. The van der Waals surface area contributed by atoms with Gasteiger partial charge in [-0.15, -0.1) is 0 Å². The number of hydrogen-bond acceptors (Lipinski definition) is 3. The molecule has 5 nitrogen and oxygen atoms in total. The summed E-state index contributed by atoms with van der Waals surface area (Å²) in [5, 5.41) is 0.222. The molecular formula is C23H27F2N3O2. The van der Waals surface area contributed by atoms with Gasteiger partial charge in [0.05, 0.1) is 10.9 Å². The second-order valence-corrected chi connectivity index (χ2v) is 9.58. The standard InChI is InChI=1S/C23H27F2N3O2/c24-23(25)5-1-2-12(3-6-23)15-9-13-8-14(13)10-16(15)18-11-19(29)20-17(28-18)4-7-27-21(20)22(26)30/h4,7,11-16H,1-3,5-6,8-10H2,(H2,26,30)(H,28,29). The van der Waals surface area contributed by atoms with Crippen LogP contribution in [0.4, 0.5) is 8.78 Å². The van der Waals surface area contributed by atoms with E-state index in [0.29, 0.717) is 36.1 Å². The SMILES string of the molecule is NC(=O)c1nccc2[nH]c(C3CC4CC4CC3C3CCCC(F)(F)CC3)cc(=O)c12. The first-order valence-corrected chi connectivity index (χ1v) is 11.0. The Bertz CT molecular complexity index is 1050. The number of carbonyl (C=O) groups excluding carboxylic acids is 1. The van der Waals surface area contributed by atoms with Crippen LogP contribution in [-0.2, 0) is 0 Å². The molecule has 0 spiro atoms. The number of rotatable bonds is 3. The smallest absolute Gasteiger partial charge is 0.268 e. The molecule has 5 rings (SSSR count). The van der Waals surface area contributed by atoms with E-state index < -0.39 is 11.8 Å². The van der Waals surface area contributed by atoms with Gasteiger partial charge in [0.2, 0.25) is 5.92 Å². The highest BCUT2D eigenvalue weighted by Crippen LogP contribution is 2.59. The molecule has 3 fully saturated rings. The quantitative estimate of drug-likeness (QED) is 0.730. The Morgan fingerprint density at radius 2 is 1.93 bits per heavy atom. The normalized spacial score (nSPS) is 32.9. The maximum Gasteiger partial charge on any atom is 0.268 e. The Hall–Kier alpha value is -2.31. The minimum atomic E-state index is -2.55. The highest BCUT2D eigenvalue weighted by molar-refractivity contribution is 6.03. The number of nitrogens with zero attached hydrogens (tertiary/aromatic N) is 1. The van der Waals surface area contributed by atoms with Crippen LogP contribution >= 0.6 is 0 Å². The number of hydrogen-bond donors (Lipinski definition) is 2. The summed E-state index contributed by atoms with van der Waals surface area (Å²) in [7, 11) is 0. The Balaban J connectivity index is 1.52. The van der Waals surface area contributed by atoms with Crippen LogP contribution in [0, 0.1) is 23.7 Å². The highest BCUT2D eigenvalue weighted by atomic mass is 19.3. The van der Waals surface area contributed by atoms with Gasteiger partial charge >= 0.3 is 0 Å². The van der Waals surface area contributed by atoms with Crippen molar-refractivity contribution >= 4 is 16.8 Å². The largest absolute Gasteiger partial charge is 0.364 e. The van der Waals surface area contributed by atoms with E-state index >= 15 is 0 Å². The number of primary amides is 1. The van der Waals surface area contributed by atoms with Crippen molar-refractivity contribution in [2.45, 2.75) is 63.2 Å². The van der Waals surface area contributed by atoms with Crippen molar-refractivity contribution in [2.75, 3.05) is 0 Å². The molecule has 3 aliphatic carbocycles. The number of nitrogens with two attached hydrogens (primary N) is 1. The zero-order chi connectivity index (χ0) is 21.0. The number of alkyl halides is 2. The molecule has 0 radical (unpaired) electrons. The number of amides is 1. The average molecular weight is 415 g/mol. The summed E-state index contributed by atoms with van der Waals surface area (Å²) in [6, 6.07) is 3.28. The Morgan fingerprint density at radius 3 is 2.73 bits per heavy atom. The van der Waals surface area contributed by atoms with E-state index in [1.165, 1.54) is 12.6 Å². The molecule has 0 aliphatic heterocycles. The molecule has 2 aromatic heterocycles. The molecule has 30 heavy (non-hydrogen) atoms. The van der Waals surface area contributed by atoms with Crippen molar-refractivity contribution in [1.29, 1.82) is 0 Å². The predicted molar refractivity (Wildman–Crippen MR) is 109 cm³/mol. The van der Waals surface area contributed by atoms with Crippen LogP contribution in [0.2, 0.25) is 0 Å². The van der Waals surface area contributed by atoms with Gasteiger partial charge in [-0.3, -0.25) is 14.6 Å². The number of pyridine rings is 2. The third-order valence-electron chi connectivity index (χ3n) is 7.72. The number of carbonyl (C=O) groups is 1. The molecule has 2 aromatic rings. The van der Waals surface area contributed by atoms with E-state index in [1.54, 1.807) is 12.1 Å². The highest BCUT2D eigenvalue weighted by Gasteiger charge is 2.49. The molecule has 3 saturated carbocycles. The molecule has 3 aliphatic rings. The molecule has 2 heterocycles. The second kappa shape index (κ2) is 7.13. The van der Waals surface area contributed by atoms with Gasteiger partial charge in [0.15, 0.2) is 5.43 Å². The Kier molecular flexibility index (Phi) is 4.67. The monoisotopic (exact) mass is 415 g/mol. The first kappa shape index (κ1) is 19.6. The summed E-state index contributed by atoms with van der Waals surface area (Å²) in [6.45, 7) is 0. The summed E-state index contributed by atoms with van der Waals surface area (Å²) >= 11 is 0. The molecule has 160 valence electrons. The van der Waals surface area contributed by atoms with Crippen molar-refractivity contribution in [3.63, 3.8) is 0 Å². The average Bonchev–Trinajstić information content (AvgIpc) is 3.49. The van der Waals surface area contributed by atoms with E-state index in [4.69, 9.17) is 5.73 Å². The molecule has 0 saturated heterocycles. The van der Waals surface area contributed by atoms with Crippen molar-refractivity contribution in [1.82, 2.24) is 9.97 Å². The first-order chi connectivity index (χ1) is 14.3. The topological polar surface area (TPSA) is 88.8 Å². The summed E-state index contributed by atoms with van der Waals surface area (Å²) in [4.78, 5) is 32.0. The van der Waals surface area contributed by atoms with E-state index in [2.05, 4.69) is 9.97 Å². The van der Waals surface area contributed by atoms with Gasteiger partial charge in [-0.2, -0.15) is 0 Å². The van der Waals surface area contributed by atoms with Crippen molar-refractivity contribution < 1.29 is 13.6 Å². The number of halogens is 2. The molecule has 7 heteroatoms. The molecule has 0 bridgehead atoms. The van der Waals surface area contributed by atoms with Crippen molar-refractivity contribution in [3.05, 3.63) is 39.9 Å². The Morgan fingerprint density at radius 1 is 1.13 bits per heavy atom. The van der Waals surface area contributed by atoms with E-state index in [0.717, 1.165) is 25.0 Å². The fourth-order valence-corrected chi connectivity index (χ4v) is 6.10. The lowest BCUT2D eigenvalue weighted by Crippen LogP contribution is -2.28. The molecular weight excluding hydrogens is 388 g/mol. The maximum atomic E-state index is 13.9. The number of aromatic nitrogens is 2. The third kappa shape index (κ3) is 3.52. The molecule has 1 amide bonds. The van der Waals surface area contributed by atoms with Crippen LogP contribution in [0.3, 0.4) is 0 Å². The minimum Gasteiger partial charge on any atom is -0.364 e. The van der Waals surface area contributed by atoms with Gasteiger partial charge in [-0.05, 0) is 68.3 Å². The lowest BCUT2D eigenvalue weighted by atomic mass is 9.69. The summed E-state index contributed by atoms with van der Waals surface area (Å²) in [5.41, 5.74) is 6.54. The minimum absolute atomic E-state index is 0.0113. The maximum absolute atomic E-state index is 13.9. The fourth-order valence-electron chi connectivity index (χ4n) is 6.10. The second-order valence-electron chi connectivity index (χ2n) is 9.58. The summed E-state index contributed by atoms with van der Waals surface area (Å²) in [5.74, 6) is -1.14. The predicted octanol–water partition coefficient (Wildman–Crippen LogP) is 4.37. The van der Waals surface area contributed by atoms with Crippen LogP contribution in [0.15, 0.2) is 23.1 Å². The molecule has 5 unspecified atom stereocenters. The Labute approximate surface area is 173 Å². The van der Waals surface area contributed by atoms with Crippen LogP contribution < -0.4 is 11.2 Å². The van der Waals surface area contributed by atoms with Crippen LogP contribution in [0.5, 0.6) is 0 Å².